The third-order valence-corrected chi connectivity index (χ3v) is 24.8. The Kier molecular flexibility index (Phi) is 36.2. The first kappa shape index (κ1) is 94.5. The Hall–Kier alpha value is -6.63. The molecule has 19 nitrogen and oxygen atoms in total. The average Bonchev–Trinajstić information content (AvgIpc) is 1.61. The molecule has 1 saturated heterocycles. The lowest BCUT2D eigenvalue weighted by Crippen LogP contribution is -2.47. The summed E-state index contributed by atoms with van der Waals surface area (Å²) in [6, 6.07) is 48.7. The number of benzene rings is 5. The Morgan fingerprint density at radius 1 is 0.465 bits per heavy atom. The Bertz CT molecular complexity index is 3970. The predicted octanol–water partition coefficient (Wildman–Crippen LogP) is 16.6. The van der Waals surface area contributed by atoms with Gasteiger partial charge in [0, 0.05) is 27.4 Å². The van der Waals surface area contributed by atoms with Gasteiger partial charge in [-0.15, -0.1) is 5.73 Å². The van der Waals surface area contributed by atoms with Crippen LogP contribution in [0.4, 0.5) is 0 Å². The van der Waals surface area contributed by atoms with Crippen molar-refractivity contribution in [3.05, 3.63) is 218 Å². The first-order valence-electron chi connectivity index (χ1n) is 40.2. The van der Waals surface area contributed by atoms with E-state index < -0.39 is 130 Å². The first-order valence-corrected chi connectivity index (χ1v) is 41.8. The van der Waals surface area contributed by atoms with E-state index in [0.717, 1.165) is 33.4 Å². The van der Waals surface area contributed by atoms with E-state index in [2.05, 4.69) is 44.5 Å². The molecule has 4 aliphatic heterocycles. The van der Waals surface area contributed by atoms with Crippen molar-refractivity contribution in [3.8, 4) is 0 Å². The topological polar surface area (TPSA) is 270 Å². The minimum atomic E-state index is -1.70. The van der Waals surface area contributed by atoms with Crippen molar-refractivity contribution in [1.29, 1.82) is 0 Å². The van der Waals surface area contributed by atoms with Crippen LogP contribution in [0, 0.1) is 40.9 Å². The molecule has 0 unspecified atom stereocenters. The van der Waals surface area contributed by atoms with Gasteiger partial charge in [0.05, 0.1) is 87.4 Å². The van der Waals surface area contributed by atoms with Gasteiger partial charge in [-0.3, -0.25) is 24.0 Å². The Balaban J connectivity index is 0.000000239. The SMILES string of the molecule is CC[C@H]1OC(=O)[C@H](C)[C@@H](OCc2ccccc2)CC(=O)[C@](C)(O)C[C@@H](C)[C@H](OCc2ccccc2)/C=C(\Br)[C@]1(C)O.CC[C@H]1OC(=O)[C@H](C)[C@@H](OCc2ccccc2)C[C@@H](O)C(C)(C)C[C@@H](C)[C@H](OCc2ccccc2)/C=C(\Br)[C@]1(C)O.CC[C@H]1OC(=O)[C@H](C)[C@H]2O[C@@](C)(C[C@@H](C)[C@H](OCc3ccccc3)C=C=C1C)C(=O)[C@@H]2O. The smallest absolute Gasteiger partial charge is 0.312 e. The lowest BCUT2D eigenvalue weighted by Gasteiger charge is -2.39. The fourth-order valence-electron chi connectivity index (χ4n) is 14.9. The molecule has 114 heavy (non-hydrogen) atoms. The van der Waals surface area contributed by atoms with Crippen LogP contribution in [0.2, 0.25) is 0 Å². The number of aliphatic hydroxyl groups excluding tert-OH is 2. The first-order chi connectivity index (χ1) is 53.8. The van der Waals surface area contributed by atoms with Crippen molar-refractivity contribution < 1.29 is 92.1 Å². The molecular formula is C93H124Br2O19. The van der Waals surface area contributed by atoms with Crippen LogP contribution in [-0.4, -0.2) is 145 Å². The van der Waals surface area contributed by atoms with Gasteiger partial charge in [-0.1, -0.05) is 239 Å². The summed E-state index contributed by atoms with van der Waals surface area (Å²) in [6.07, 6.45) is 0.115. The zero-order valence-corrected chi connectivity index (χ0v) is 72.6. The molecule has 0 saturated carbocycles. The minimum Gasteiger partial charge on any atom is -0.459 e. The Labute approximate surface area is 692 Å². The van der Waals surface area contributed by atoms with Crippen molar-refractivity contribution in [2.45, 2.75) is 285 Å². The molecule has 1 fully saturated rings. The minimum absolute atomic E-state index is 0.00149. The molecule has 0 aliphatic carbocycles. The van der Waals surface area contributed by atoms with Crippen molar-refractivity contribution >= 4 is 61.3 Å². The molecule has 5 aromatic carbocycles. The molecule has 4 heterocycles. The van der Waals surface area contributed by atoms with E-state index in [1.165, 1.54) is 6.92 Å². The molecule has 624 valence electrons. The summed E-state index contributed by atoms with van der Waals surface area (Å²) in [4.78, 5) is 66.0. The summed E-state index contributed by atoms with van der Waals surface area (Å²) in [7, 11) is 0. The lowest BCUT2D eigenvalue weighted by atomic mass is 9.74. The van der Waals surface area contributed by atoms with Gasteiger partial charge >= 0.3 is 17.9 Å². The maximum atomic E-state index is 13.5. The molecular weight excluding hydrogens is 1580 g/mol. The number of carbonyl (C=O) groups is 5. The number of rotatable bonds is 18. The molecule has 0 aromatic heterocycles. The van der Waals surface area contributed by atoms with Gasteiger partial charge in [-0.25, -0.2) is 0 Å². The van der Waals surface area contributed by atoms with Gasteiger partial charge in [0.1, 0.15) is 52.9 Å². The highest BCUT2D eigenvalue weighted by Crippen LogP contribution is 2.42. The van der Waals surface area contributed by atoms with Crippen molar-refractivity contribution in [1.82, 2.24) is 0 Å². The molecule has 21 atom stereocenters. The highest BCUT2D eigenvalue weighted by atomic mass is 79.9. The normalized spacial score (nSPS) is 33.9. The number of carbonyl (C=O) groups excluding carboxylic acids is 5. The van der Waals surface area contributed by atoms with E-state index in [0.29, 0.717) is 67.5 Å². The Morgan fingerprint density at radius 3 is 1.23 bits per heavy atom. The monoisotopic (exact) mass is 1700 g/mol. The maximum absolute atomic E-state index is 13.5. The average molecular weight is 1710 g/mol. The number of aliphatic hydroxyl groups is 5. The number of halogens is 2. The fourth-order valence-corrected chi connectivity index (χ4v) is 15.9. The van der Waals surface area contributed by atoms with Crippen molar-refractivity contribution in [3.63, 3.8) is 0 Å². The van der Waals surface area contributed by atoms with Crippen LogP contribution in [0.25, 0.3) is 0 Å². The molecule has 5 aromatic rings. The van der Waals surface area contributed by atoms with Gasteiger partial charge in [-0.2, -0.15) is 0 Å². The number of Topliss-reactive ketones (excluding diaryl/α,β-unsaturated/α-hetero) is 2. The number of ether oxygens (including phenoxy) is 9. The number of hydrogen-bond acceptors (Lipinski definition) is 19. The summed E-state index contributed by atoms with van der Waals surface area (Å²) in [5.41, 5.74) is 2.53. The van der Waals surface area contributed by atoms with Crippen LogP contribution in [0.15, 0.2) is 190 Å². The van der Waals surface area contributed by atoms with Gasteiger partial charge < -0.3 is 68.2 Å². The maximum Gasteiger partial charge on any atom is 0.312 e. The predicted molar refractivity (Wildman–Crippen MR) is 446 cm³/mol. The van der Waals surface area contributed by atoms with E-state index in [9.17, 15) is 49.5 Å². The van der Waals surface area contributed by atoms with Crippen LogP contribution in [0.5, 0.6) is 0 Å². The van der Waals surface area contributed by atoms with Gasteiger partial charge in [0.15, 0.2) is 11.6 Å². The van der Waals surface area contributed by atoms with E-state index >= 15 is 0 Å². The highest BCUT2D eigenvalue weighted by molar-refractivity contribution is 9.12. The number of fused-ring (bicyclic) bond motifs is 2. The van der Waals surface area contributed by atoms with Gasteiger partial charge in [0.2, 0.25) is 0 Å². The number of hydrogen-bond donors (Lipinski definition) is 5. The van der Waals surface area contributed by atoms with Crippen molar-refractivity contribution in [2.75, 3.05) is 0 Å². The molecule has 0 spiro atoms. The summed E-state index contributed by atoms with van der Waals surface area (Å²) in [6.45, 7) is 30.7. The molecule has 21 heteroatoms. The van der Waals surface area contributed by atoms with E-state index in [1.54, 1.807) is 47.6 Å². The van der Waals surface area contributed by atoms with E-state index in [-0.39, 0.29) is 55.8 Å². The third-order valence-electron chi connectivity index (χ3n) is 22.7. The quantitative estimate of drug-likeness (QED) is 0.0310. The van der Waals surface area contributed by atoms with E-state index in [4.69, 9.17) is 42.6 Å². The summed E-state index contributed by atoms with van der Waals surface area (Å²) in [5.74, 6) is -5.07. The largest absolute Gasteiger partial charge is 0.459 e. The zero-order valence-electron chi connectivity index (χ0n) is 69.4. The highest BCUT2D eigenvalue weighted by Gasteiger charge is 2.55. The molecule has 5 N–H and O–H groups in total. The zero-order chi connectivity index (χ0) is 83.9. The Morgan fingerprint density at radius 2 is 0.825 bits per heavy atom. The molecule has 9 rings (SSSR count). The summed E-state index contributed by atoms with van der Waals surface area (Å²) < 4.78 is 55.7. The third kappa shape index (κ3) is 26.7. The number of ketones is 2. The van der Waals surface area contributed by atoms with Crippen molar-refractivity contribution in [2.24, 2.45) is 40.9 Å². The van der Waals surface area contributed by atoms with Gasteiger partial charge in [0.25, 0.3) is 0 Å². The van der Waals surface area contributed by atoms with E-state index in [1.807, 2.05) is 219 Å². The van der Waals surface area contributed by atoms with Crippen LogP contribution >= 0.6 is 31.9 Å². The van der Waals surface area contributed by atoms with Gasteiger partial charge in [-0.05, 0) is 163 Å². The molecule has 4 aliphatic rings. The summed E-state index contributed by atoms with van der Waals surface area (Å²) >= 11 is 7.15. The molecule has 0 radical (unpaired) electrons. The second-order valence-electron chi connectivity index (χ2n) is 32.9. The fraction of sp³-hybridized carbons (Fsp3) is 0.548. The van der Waals surface area contributed by atoms with Crippen LogP contribution in [-0.2, 0) is 99.6 Å². The second-order valence-corrected chi connectivity index (χ2v) is 34.7. The number of cyclic esters (lactones) is 3. The number of esters is 3. The second kappa shape index (κ2) is 43.7. The molecule has 0 amide bonds. The van der Waals surface area contributed by atoms with Crippen LogP contribution in [0.1, 0.15) is 190 Å². The van der Waals surface area contributed by atoms with Crippen LogP contribution < -0.4 is 0 Å². The standard InChI is InChI=1S/C34H47BrO6.C33H43BrO7.C26H34O6/c1-7-31-34(6,38)29(35)18-27(39-21-25-14-10-8-11-15-25)23(2)20-33(4,5)30(36)19-28(24(3)32(37)41-31)40-22-26-16-12-9-13-17-26;1-6-30-33(5,38)28(34)17-26(39-20-24-13-9-7-10-14-24)22(2)19-32(4,37)29(35)18-27(23(3)31(36)41-30)40-21-25-15-11-8-12-16-25;1-6-20-16(2)12-13-21(30-15-19-10-8-7-9-11-19)17(3)14-26(5)24(28)22(27)23(32-26)18(4)25(29)31-20/h8-18,23-24,27-28,30-31,36,38H,7,19-22H2,1-6H3;7-17,22-23,26-27,30,37-38H,6,18-21H2,1-5H3;7-11,13,17-18,20-23,27H,6,14-15H2,1-5H3/b29-18-;28-17-;/t23-,24-,27-,28+,30-,31-,34+;22-,23-,26-,27+,30-,32-,33+;12?,17-,18-,20-,21-,22-,23-,26+/m111/s1. The summed E-state index contributed by atoms with van der Waals surface area (Å²) in [5, 5.41) is 56.7. The molecule has 2 bridgehead atoms. The lowest BCUT2D eigenvalue weighted by molar-refractivity contribution is -0.172. The van der Waals surface area contributed by atoms with Crippen LogP contribution in [0.3, 0.4) is 0 Å².